The summed E-state index contributed by atoms with van der Waals surface area (Å²) in [6.07, 6.45) is 3.29. The van der Waals surface area contributed by atoms with E-state index < -0.39 is 0 Å². The molecule has 2 nitrogen and oxygen atoms in total. The predicted octanol–water partition coefficient (Wildman–Crippen LogP) is 4.31. The maximum absolute atomic E-state index is 12.7. The van der Waals surface area contributed by atoms with Crippen LogP contribution in [0.2, 0.25) is 0 Å². The Hall–Kier alpha value is -1.48. The van der Waals surface area contributed by atoms with Gasteiger partial charge in [-0.2, -0.15) is 0 Å². The van der Waals surface area contributed by atoms with Crippen LogP contribution in [0, 0.1) is 27.7 Å². The molecule has 2 rings (SSSR count). The van der Waals surface area contributed by atoms with Crippen molar-refractivity contribution in [3.63, 3.8) is 0 Å². The van der Waals surface area contributed by atoms with Gasteiger partial charge in [-0.3, -0.25) is 9.78 Å². The fourth-order valence-electron chi connectivity index (χ4n) is 2.24. The van der Waals surface area contributed by atoms with Gasteiger partial charge in [0.1, 0.15) is 0 Å². The molecule has 1 aromatic heterocycles. The Balaban J connectivity index is 2.62. The molecule has 0 aliphatic carbocycles. The highest BCUT2D eigenvalue weighted by molar-refractivity contribution is 9.10. The van der Waals surface area contributed by atoms with Gasteiger partial charge in [0.15, 0.2) is 5.78 Å². The van der Waals surface area contributed by atoms with Crippen LogP contribution in [0.3, 0.4) is 0 Å². The van der Waals surface area contributed by atoms with Crippen molar-refractivity contribution in [2.75, 3.05) is 0 Å². The van der Waals surface area contributed by atoms with Crippen LogP contribution in [-0.2, 0) is 0 Å². The van der Waals surface area contributed by atoms with E-state index >= 15 is 0 Å². The van der Waals surface area contributed by atoms with Gasteiger partial charge in [0, 0.05) is 28.0 Å². The van der Waals surface area contributed by atoms with Crippen molar-refractivity contribution < 1.29 is 4.79 Å². The molecule has 0 saturated heterocycles. The normalized spacial score (nSPS) is 10.6. The first-order valence-electron chi connectivity index (χ1n) is 6.14. The minimum Gasteiger partial charge on any atom is -0.289 e. The summed E-state index contributed by atoms with van der Waals surface area (Å²) < 4.78 is 0.818. The topological polar surface area (TPSA) is 30.0 Å². The number of pyridine rings is 1. The fraction of sp³-hybridized carbons (Fsp3) is 0.250. The van der Waals surface area contributed by atoms with Crippen LogP contribution in [0.5, 0.6) is 0 Å². The Kier molecular flexibility index (Phi) is 3.85. The first-order valence-corrected chi connectivity index (χ1v) is 6.93. The zero-order chi connectivity index (χ0) is 14.2. The van der Waals surface area contributed by atoms with E-state index in [4.69, 9.17) is 0 Å². The molecule has 3 heteroatoms. The van der Waals surface area contributed by atoms with Gasteiger partial charge in [0.2, 0.25) is 0 Å². The minimum atomic E-state index is 0.0376. The van der Waals surface area contributed by atoms with Crippen molar-refractivity contribution in [2.24, 2.45) is 0 Å². The molecule has 0 atom stereocenters. The second kappa shape index (κ2) is 5.25. The van der Waals surface area contributed by atoms with E-state index in [1.807, 2.05) is 33.8 Å². The van der Waals surface area contributed by atoms with Crippen molar-refractivity contribution in [2.45, 2.75) is 27.7 Å². The Morgan fingerprint density at radius 2 is 1.58 bits per heavy atom. The number of carbonyl (C=O) groups excluding carboxylic acids is 1. The van der Waals surface area contributed by atoms with Crippen molar-refractivity contribution >= 4 is 21.7 Å². The van der Waals surface area contributed by atoms with Crippen molar-refractivity contribution in [1.82, 2.24) is 4.98 Å². The maximum atomic E-state index is 12.7. The average molecular weight is 318 g/mol. The van der Waals surface area contributed by atoms with Crippen molar-refractivity contribution in [3.05, 3.63) is 62.4 Å². The van der Waals surface area contributed by atoms with E-state index in [1.165, 1.54) is 0 Å². The maximum Gasteiger partial charge on any atom is 0.195 e. The van der Waals surface area contributed by atoms with Crippen molar-refractivity contribution in [1.29, 1.82) is 0 Å². The summed E-state index contributed by atoms with van der Waals surface area (Å²) >= 11 is 3.35. The van der Waals surface area contributed by atoms with Crippen LogP contribution in [0.4, 0.5) is 0 Å². The zero-order valence-corrected chi connectivity index (χ0v) is 13.1. The molecule has 0 spiro atoms. The zero-order valence-electron chi connectivity index (χ0n) is 11.5. The van der Waals surface area contributed by atoms with E-state index in [1.54, 1.807) is 12.4 Å². The molecular weight excluding hydrogens is 302 g/mol. The Morgan fingerprint density at radius 1 is 1.00 bits per heavy atom. The number of carbonyl (C=O) groups is 1. The summed E-state index contributed by atoms with van der Waals surface area (Å²) in [5.41, 5.74) is 5.81. The fourth-order valence-corrected chi connectivity index (χ4v) is 2.60. The first kappa shape index (κ1) is 13.9. The second-order valence-electron chi connectivity index (χ2n) is 4.86. The molecule has 0 unspecified atom stereocenters. The lowest BCUT2D eigenvalue weighted by molar-refractivity contribution is 0.103. The third kappa shape index (κ3) is 2.61. The van der Waals surface area contributed by atoms with Gasteiger partial charge in [-0.1, -0.05) is 6.07 Å². The van der Waals surface area contributed by atoms with Gasteiger partial charge >= 0.3 is 0 Å². The number of rotatable bonds is 2. The number of hydrogen-bond acceptors (Lipinski definition) is 2. The van der Waals surface area contributed by atoms with Crippen LogP contribution in [0.15, 0.2) is 29.0 Å². The van der Waals surface area contributed by atoms with E-state index in [0.717, 1.165) is 32.3 Å². The number of nitrogens with zero attached hydrogens (tertiary/aromatic N) is 1. The summed E-state index contributed by atoms with van der Waals surface area (Å²) in [4.78, 5) is 16.8. The highest BCUT2D eigenvalue weighted by Crippen LogP contribution is 2.24. The highest BCUT2D eigenvalue weighted by atomic mass is 79.9. The van der Waals surface area contributed by atoms with Gasteiger partial charge in [0.25, 0.3) is 0 Å². The molecule has 19 heavy (non-hydrogen) atoms. The summed E-state index contributed by atoms with van der Waals surface area (Å²) in [6, 6.07) is 3.94. The lowest BCUT2D eigenvalue weighted by Gasteiger charge is -2.14. The van der Waals surface area contributed by atoms with Gasteiger partial charge in [-0.25, -0.2) is 0 Å². The van der Waals surface area contributed by atoms with Gasteiger partial charge in [-0.15, -0.1) is 0 Å². The largest absolute Gasteiger partial charge is 0.289 e. The molecule has 2 aromatic rings. The molecule has 0 aliphatic rings. The molecule has 0 amide bonds. The second-order valence-corrected chi connectivity index (χ2v) is 5.77. The SMILES string of the molecule is Cc1cc(C)c(C)c(C(=O)c2cncc(Br)c2)c1C. The molecular formula is C16H16BrNO. The molecule has 0 N–H and O–H groups in total. The van der Waals surface area contributed by atoms with E-state index in [-0.39, 0.29) is 5.78 Å². The van der Waals surface area contributed by atoms with Crippen LogP contribution in [0.1, 0.15) is 38.2 Å². The van der Waals surface area contributed by atoms with Gasteiger partial charge < -0.3 is 0 Å². The number of hydrogen-bond donors (Lipinski definition) is 0. The van der Waals surface area contributed by atoms with Crippen LogP contribution >= 0.6 is 15.9 Å². The third-order valence-electron chi connectivity index (χ3n) is 3.56. The number of ketones is 1. The van der Waals surface area contributed by atoms with Crippen LogP contribution in [0.25, 0.3) is 0 Å². The molecule has 98 valence electrons. The molecule has 0 saturated carbocycles. The standard InChI is InChI=1S/C16H16BrNO/c1-9-5-10(2)12(4)15(11(9)3)16(19)13-6-14(17)8-18-7-13/h5-8H,1-4H3. The van der Waals surface area contributed by atoms with E-state index in [0.29, 0.717) is 5.56 Å². The monoisotopic (exact) mass is 317 g/mol. The summed E-state index contributed by atoms with van der Waals surface area (Å²) in [7, 11) is 0. The number of halogens is 1. The van der Waals surface area contributed by atoms with Gasteiger partial charge in [-0.05, 0) is 71.9 Å². The smallest absolute Gasteiger partial charge is 0.195 e. The molecule has 1 aromatic carbocycles. The van der Waals surface area contributed by atoms with Crippen LogP contribution in [-0.4, -0.2) is 10.8 Å². The summed E-state index contributed by atoms with van der Waals surface area (Å²) in [5, 5.41) is 0. The van der Waals surface area contributed by atoms with E-state index in [2.05, 4.69) is 27.0 Å². The molecule has 0 bridgehead atoms. The summed E-state index contributed by atoms with van der Waals surface area (Å²) in [6.45, 7) is 8.08. The molecule has 0 radical (unpaired) electrons. The van der Waals surface area contributed by atoms with Crippen LogP contribution < -0.4 is 0 Å². The first-order chi connectivity index (χ1) is 8.91. The van der Waals surface area contributed by atoms with Gasteiger partial charge in [0.05, 0.1) is 0 Å². The lowest BCUT2D eigenvalue weighted by Crippen LogP contribution is -2.09. The molecule has 1 heterocycles. The quantitative estimate of drug-likeness (QED) is 0.772. The van der Waals surface area contributed by atoms with Crippen molar-refractivity contribution in [3.8, 4) is 0 Å². The number of aromatic nitrogens is 1. The molecule has 0 fully saturated rings. The minimum absolute atomic E-state index is 0.0376. The Labute approximate surface area is 122 Å². The average Bonchev–Trinajstić information content (AvgIpc) is 2.36. The Morgan fingerprint density at radius 3 is 2.11 bits per heavy atom. The third-order valence-corrected chi connectivity index (χ3v) is 3.99. The number of benzene rings is 1. The number of aryl methyl sites for hydroxylation is 2. The lowest BCUT2D eigenvalue weighted by atomic mass is 9.90. The Bertz CT molecular complexity index is 636. The molecule has 0 aliphatic heterocycles. The highest BCUT2D eigenvalue weighted by Gasteiger charge is 2.17. The summed E-state index contributed by atoms with van der Waals surface area (Å²) in [5.74, 6) is 0.0376. The predicted molar refractivity (Wildman–Crippen MR) is 80.8 cm³/mol. The van der Waals surface area contributed by atoms with E-state index in [9.17, 15) is 4.79 Å².